The smallest absolute Gasteiger partial charge is 0.170 e. The Hall–Kier alpha value is -2.60. The summed E-state index contributed by atoms with van der Waals surface area (Å²) < 4.78 is 5.90. The molecule has 5 nitrogen and oxygen atoms in total. The highest BCUT2D eigenvalue weighted by Crippen LogP contribution is 2.20. The van der Waals surface area contributed by atoms with E-state index in [2.05, 4.69) is 20.6 Å². The van der Waals surface area contributed by atoms with Crippen molar-refractivity contribution in [3.63, 3.8) is 0 Å². The second-order valence-corrected chi connectivity index (χ2v) is 7.36. The van der Waals surface area contributed by atoms with Crippen LogP contribution in [0.5, 0.6) is 5.75 Å². The van der Waals surface area contributed by atoms with Gasteiger partial charge in [-0.3, -0.25) is 0 Å². The molecule has 0 amide bonds. The number of benzene rings is 2. The first-order chi connectivity index (χ1) is 13.3. The molecular formula is C21H24N4OS. The minimum Gasteiger partial charge on any atom is -0.486 e. The Morgan fingerprint density at radius 2 is 1.96 bits per heavy atom. The molecule has 0 radical (unpaired) electrons. The average Bonchev–Trinajstić information content (AvgIpc) is 3.10. The molecule has 1 fully saturated rings. The first-order valence-electron chi connectivity index (χ1n) is 9.50. The standard InChI is InChI=1S/C21H24N4OS/c27-21(22-15-7-2-1-3-8-15)23-16-9-6-10-17(13-16)26-14-20-24-18-11-4-5-12-19(18)25-20/h4-6,9-13,15H,1-3,7-8,14H2,(H,24,25)(H2,22,23,27). The minimum atomic E-state index is 0.392. The molecule has 3 N–H and O–H groups in total. The number of thiocarbonyl (C=S) groups is 1. The minimum absolute atomic E-state index is 0.392. The van der Waals surface area contributed by atoms with Crippen LogP contribution in [-0.2, 0) is 6.61 Å². The number of nitrogens with one attached hydrogen (secondary N) is 3. The largest absolute Gasteiger partial charge is 0.486 e. The Balaban J connectivity index is 1.33. The van der Waals surface area contributed by atoms with E-state index < -0.39 is 0 Å². The van der Waals surface area contributed by atoms with Crippen LogP contribution in [0.15, 0.2) is 48.5 Å². The number of imidazole rings is 1. The summed E-state index contributed by atoms with van der Waals surface area (Å²) in [6.07, 6.45) is 6.30. The molecule has 1 aliphatic rings. The van der Waals surface area contributed by atoms with E-state index in [-0.39, 0.29) is 0 Å². The maximum absolute atomic E-state index is 5.90. The molecule has 0 spiro atoms. The van der Waals surface area contributed by atoms with Gasteiger partial charge in [-0.15, -0.1) is 0 Å². The fraction of sp³-hybridized carbons (Fsp3) is 0.333. The fourth-order valence-corrected chi connectivity index (χ4v) is 3.77. The summed E-state index contributed by atoms with van der Waals surface area (Å²) >= 11 is 5.46. The van der Waals surface area contributed by atoms with Gasteiger partial charge in [0.05, 0.1) is 11.0 Å². The normalized spacial score (nSPS) is 14.8. The van der Waals surface area contributed by atoms with E-state index in [9.17, 15) is 0 Å². The van der Waals surface area contributed by atoms with Crippen molar-refractivity contribution in [1.29, 1.82) is 0 Å². The number of rotatable bonds is 5. The van der Waals surface area contributed by atoms with E-state index >= 15 is 0 Å². The van der Waals surface area contributed by atoms with Crippen molar-refractivity contribution in [3.8, 4) is 5.75 Å². The van der Waals surface area contributed by atoms with Crippen LogP contribution in [0.4, 0.5) is 5.69 Å². The fourth-order valence-electron chi connectivity index (χ4n) is 3.49. The lowest BCUT2D eigenvalue weighted by Gasteiger charge is -2.24. The molecule has 1 aromatic heterocycles. The number of aromatic nitrogens is 2. The molecule has 1 aliphatic carbocycles. The van der Waals surface area contributed by atoms with Crippen molar-refractivity contribution in [3.05, 3.63) is 54.4 Å². The third-order valence-corrected chi connectivity index (χ3v) is 5.07. The Bertz CT molecular complexity index is 884. The van der Waals surface area contributed by atoms with Crippen molar-refractivity contribution in [2.24, 2.45) is 0 Å². The van der Waals surface area contributed by atoms with E-state index in [0.29, 0.717) is 17.8 Å². The Kier molecular flexibility index (Phi) is 5.53. The van der Waals surface area contributed by atoms with Crippen molar-refractivity contribution in [1.82, 2.24) is 15.3 Å². The van der Waals surface area contributed by atoms with Crippen LogP contribution in [0, 0.1) is 0 Å². The first kappa shape index (κ1) is 17.8. The predicted molar refractivity (Wildman–Crippen MR) is 113 cm³/mol. The number of anilines is 1. The zero-order valence-corrected chi connectivity index (χ0v) is 16.0. The SMILES string of the molecule is S=C(Nc1cccc(OCc2nc3ccccc3[nH]2)c1)NC1CCCCC1. The van der Waals surface area contributed by atoms with Crippen LogP contribution in [0.2, 0.25) is 0 Å². The monoisotopic (exact) mass is 380 g/mol. The molecule has 0 unspecified atom stereocenters. The second kappa shape index (κ2) is 8.39. The maximum Gasteiger partial charge on any atom is 0.170 e. The Morgan fingerprint density at radius 3 is 2.81 bits per heavy atom. The van der Waals surface area contributed by atoms with Gasteiger partial charge >= 0.3 is 0 Å². The summed E-state index contributed by atoms with van der Waals surface area (Å²) in [6.45, 7) is 0.392. The van der Waals surface area contributed by atoms with Crippen molar-refractivity contribution >= 4 is 34.1 Å². The summed E-state index contributed by atoms with van der Waals surface area (Å²) in [5.41, 5.74) is 2.89. The van der Waals surface area contributed by atoms with Gasteiger partial charge in [-0.25, -0.2) is 4.98 Å². The van der Waals surface area contributed by atoms with E-state index in [4.69, 9.17) is 17.0 Å². The van der Waals surface area contributed by atoms with Gasteiger partial charge in [-0.1, -0.05) is 37.5 Å². The summed E-state index contributed by atoms with van der Waals surface area (Å²) in [4.78, 5) is 7.81. The molecule has 0 atom stereocenters. The molecule has 1 heterocycles. The first-order valence-corrected chi connectivity index (χ1v) is 9.91. The highest BCUT2D eigenvalue weighted by atomic mass is 32.1. The van der Waals surface area contributed by atoms with Crippen LogP contribution >= 0.6 is 12.2 Å². The molecule has 2 aromatic carbocycles. The van der Waals surface area contributed by atoms with Crippen molar-refractivity contribution < 1.29 is 4.74 Å². The summed E-state index contributed by atoms with van der Waals surface area (Å²) in [5, 5.41) is 7.37. The van der Waals surface area contributed by atoms with Gasteiger partial charge < -0.3 is 20.4 Å². The lowest BCUT2D eigenvalue weighted by molar-refractivity contribution is 0.297. The van der Waals surface area contributed by atoms with Crippen molar-refractivity contribution in [2.75, 3.05) is 5.32 Å². The van der Waals surface area contributed by atoms with Gasteiger partial charge in [0.15, 0.2) is 5.11 Å². The third kappa shape index (κ3) is 4.77. The number of fused-ring (bicyclic) bond motifs is 1. The van der Waals surface area contributed by atoms with E-state index in [0.717, 1.165) is 28.3 Å². The van der Waals surface area contributed by atoms with Gasteiger partial charge in [0.1, 0.15) is 18.2 Å². The molecular weight excluding hydrogens is 356 g/mol. The van der Waals surface area contributed by atoms with Gasteiger partial charge in [0.25, 0.3) is 0 Å². The number of ether oxygens (including phenoxy) is 1. The zero-order chi connectivity index (χ0) is 18.5. The zero-order valence-electron chi connectivity index (χ0n) is 15.2. The molecule has 27 heavy (non-hydrogen) atoms. The number of hydrogen-bond acceptors (Lipinski definition) is 3. The van der Waals surface area contributed by atoms with Crippen LogP contribution in [-0.4, -0.2) is 21.1 Å². The van der Waals surface area contributed by atoms with Gasteiger partial charge in [0.2, 0.25) is 0 Å². The number of nitrogens with zero attached hydrogens (tertiary/aromatic N) is 1. The lowest BCUT2D eigenvalue weighted by atomic mass is 9.96. The highest BCUT2D eigenvalue weighted by molar-refractivity contribution is 7.80. The molecule has 6 heteroatoms. The molecule has 3 aromatic rings. The van der Waals surface area contributed by atoms with E-state index in [1.54, 1.807) is 0 Å². The van der Waals surface area contributed by atoms with Gasteiger partial charge in [-0.2, -0.15) is 0 Å². The van der Waals surface area contributed by atoms with Gasteiger partial charge in [0, 0.05) is 17.8 Å². The van der Waals surface area contributed by atoms with Crippen LogP contribution in [0.1, 0.15) is 37.9 Å². The second-order valence-electron chi connectivity index (χ2n) is 6.95. The average molecular weight is 381 g/mol. The maximum atomic E-state index is 5.90. The third-order valence-electron chi connectivity index (χ3n) is 4.85. The van der Waals surface area contributed by atoms with Crippen LogP contribution < -0.4 is 15.4 Å². The summed E-state index contributed by atoms with van der Waals surface area (Å²) in [7, 11) is 0. The van der Waals surface area contributed by atoms with Crippen LogP contribution in [0.25, 0.3) is 11.0 Å². The number of aromatic amines is 1. The quantitative estimate of drug-likeness (QED) is 0.557. The molecule has 0 aliphatic heterocycles. The Morgan fingerprint density at radius 1 is 1.11 bits per heavy atom. The van der Waals surface area contributed by atoms with E-state index in [1.165, 1.54) is 32.1 Å². The summed E-state index contributed by atoms with van der Waals surface area (Å²) in [6, 6.07) is 16.3. The molecule has 0 bridgehead atoms. The topological polar surface area (TPSA) is 62.0 Å². The van der Waals surface area contributed by atoms with E-state index in [1.807, 2.05) is 48.5 Å². The molecule has 1 saturated carbocycles. The molecule has 140 valence electrons. The van der Waals surface area contributed by atoms with Crippen molar-refractivity contribution in [2.45, 2.75) is 44.8 Å². The molecule has 0 saturated heterocycles. The van der Waals surface area contributed by atoms with Crippen LogP contribution in [0.3, 0.4) is 0 Å². The number of para-hydroxylation sites is 2. The lowest BCUT2D eigenvalue weighted by Crippen LogP contribution is -2.38. The number of hydrogen-bond donors (Lipinski definition) is 3. The van der Waals surface area contributed by atoms with Gasteiger partial charge in [-0.05, 0) is 49.3 Å². The Labute approximate surface area is 164 Å². The number of H-pyrrole nitrogens is 1. The molecule has 4 rings (SSSR count). The predicted octanol–water partition coefficient (Wildman–Crippen LogP) is 4.76. The summed E-state index contributed by atoms with van der Waals surface area (Å²) in [5.74, 6) is 1.59. The highest BCUT2D eigenvalue weighted by Gasteiger charge is 2.14.